The highest BCUT2D eigenvalue weighted by Gasteiger charge is 2.27. The Kier molecular flexibility index (Phi) is 4.13. The van der Waals surface area contributed by atoms with Gasteiger partial charge in [-0.05, 0) is 38.8 Å². The number of benzene rings is 1. The van der Waals surface area contributed by atoms with Crippen LogP contribution in [0.25, 0.3) is 0 Å². The van der Waals surface area contributed by atoms with Crippen molar-refractivity contribution in [1.29, 1.82) is 0 Å². The van der Waals surface area contributed by atoms with Gasteiger partial charge in [0.25, 0.3) is 0 Å². The van der Waals surface area contributed by atoms with Crippen LogP contribution in [-0.2, 0) is 17.6 Å². The number of para-hydroxylation sites is 2. The van der Waals surface area contributed by atoms with Crippen LogP contribution in [0.2, 0.25) is 0 Å². The Morgan fingerprint density at radius 2 is 2.27 bits per heavy atom. The molecular weight excluding hydrogens is 278 g/mol. The Labute approximate surface area is 130 Å². The summed E-state index contributed by atoms with van der Waals surface area (Å²) in [5.74, 6) is 1.66. The van der Waals surface area contributed by atoms with Gasteiger partial charge in [0.1, 0.15) is 11.6 Å². The third-order valence-corrected chi connectivity index (χ3v) is 3.98. The molecular formula is C17H21N3O2. The maximum absolute atomic E-state index is 12.5. The molecule has 0 radical (unpaired) electrons. The van der Waals surface area contributed by atoms with Crippen molar-refractivity contribution in [1.82, 2.24) is 9.97 Å². The molecule has 1 unspecified atom stereocenters. The second kappa shape index (κ2) is 6.22. The summed E-state index contributed by atoms with van der Waals surface area (Å²) >= 11 is 0. The summed E-state index contributed by atoms with van der Waals surface area (Å²) in [7, 11) is 0. The quantitative estimate of drug-likeness (QED) is 0.912. The number of fused-ring (bicyclic) bond motifs is 1. The third kappa shape index (κ3) is 2.98. The molecule has 1 aromatic heterocycles. The van der Waals surface area contributed by atoms with Crippen LogP contribution < -0.4 is 10.1 Å². The van der Waals surface area contributed by atoms with Crippen molar-refractivity contribution in [2.45, 2.75) is 33.1 Å². The molecule has 0 aliphatic heterocycles. The van der Waals surface area contributed by atoms with Gasteiger partial charge in [-0.15, -0.1) is 0 Å². The van der Waals surface area contributed by atoms with E-state index in [0.29, 0.717) is 12.4 Å². The molecule has 5 nitrogen and oxygen atoms in total. The molecule has 1 aliphatic rings. The number of hydrogen-bond donors (Lipinski definition) is 2. The molecule has 1 amide bonds. The SMILES string of the molecule is CCOc1ccccc1NC(=O)C1CCc2nc(C)[nH]c2C1. The van der Waals surface area contributed by atoms with Crippen LogP contribution in [0.1, 0.15) is 30.6 Å². The largest absolute Gasteiger partial charge is 0.492 e. The Balaban J connectivity index is 1.71. The van der Waals surface area contributed by atoms with Crippen molar-refractivity contribution < 1.29 is 9.53 Å². The highest BCUT2D eigenvalue weighted by molar-refractivity contribution is 5.94. The van der Waals surface area contributed by atoms with Gasteiger partial charge in [0, 0.05) is 18.0 Å². The molecule has 0 fully saturated rings. The van der Waals surface area contributed by atoms with E-state index in [2.05, 4.69) is 15.3 Å². The van der Waals surface area contributed by atoms with E-state index >= 15 is 0 Å². The van der Waals surface area contributed by atoms with E-state index in [1.54, 1.807) is 0 Å². The summed E-state index contributed by atoms with van der Waals surface area (Å²) in [5.41, 5.74) is 2.94. The average Bonchev–Trinajstić information content (AvgIpc) is 2.88. The summed E-state index contributed by atoms with van der Waals surface area (Å²) < 4.78 is 5.55. The highest BCUT2D eigenvalue weighted by Crippen LogP contribution is 2.28. The topological polar surface area (TPSA) is 67.0 Å². The number of imidazole rings is 1. The van der Waals surface area contributed by atoms with Crippen molar-refractivity contribution in [3.8, 4) is 5.75 Å². The maximum Gasteiger partial charge on any atom is 0.227 e. The Morgan fingerprint density at radius 1 is 1.45 bits per heavy atom. The zero-order valence-electron chi connectivity index (χ0n) is 13.0. The van der Waals surface area contributed by atoms with Crippen LogP contribution in [0.3, 0.4) is 0 Å². The summed E-state index contributed by atoms with van der Waals surface area (Å²) in [6, 6.07) is 7.55. The van der Waals surface area contributed by atoms with Gasteiger partial charge in [0.2, 0.25) is 5.91 Å². The van der Waals surface area contributed by atoms with E-state index in [9.17, 15) is 4.79 Å². The van der Waals surface area contributed by atoms with E-state index < -0.39 is 0 Å². The number of hydrogen-bond acceptors (Lipinski definition) is 3. The predicted octanol–water partition coefficient (Wildman–Crippen LogP) is 2.86. The number of nitrogens with one attached hydrogen (secondary N) is 2. The normalized spacial score (nSPS) is 16.9. The van der Waals surface area contributed by atoms with Crippen LogP contribution in [0.5, 0.6) is 5.75 Å². The van der Waals surface area contributed by atoms with Crippen molar-refractivity contribution in [2.75, 3.05) is 11.9 Å². The summed E-state index contributed by atoms with van der Waals surface area (Å²) in [6.45, 7) is 4.46. The van der Waals surface area contributed by atoms with Gasteiger partial charge >= 0.3 is 0 Å². The lowest BCUT2D eigenvalue weighted by Gasteiger charge is -2.21. The number of nitrogens with zero attached hydrogens (tertiary/aromatic N) is 1. The number of H-pyrrole nitrogens is 1. The molecule has 5 heteroatoms. The number of ether oxygens (including phenoxy) is 1. The number of carbonyl (C=O) groups excluding carboxylic acids is 1. The van der Waals surface area contributed by atoms with E-state index in [1.165, 1.54) is 0 Å². The van der Waals surface area contributed by atoms with Crippen LogP contribution in [0.15, 0.2) is 24.3 Å². The number of anilines is 1. The van der Waals surface area contributed by atoms with Crippen molar-refractivity contribution >= 4 is 11.6 Å². The number of carbonyl (C=O) groups is 1. The van der Waals surface area contributed by atoms with Crippen molar-refractivity contribution in [3.05, 3.63) is 41.5 Å². The smallest absolute Gasteiger partial charge is 0.227 e. The Morgan fingerprint density at radius 3 is 3.09 bits per heavy atom. The zero-order chi connectivity index (χ0) is 15.5. The first-order valence-corrected chi connectivity index (χ1v) is 7.74. The minimum atomic E-state index is -0.0259. The van der Waals surface area contributed by atoms with Gasteiger partial charge in [-0.25, -0.2) is 4.98 Å². The molecule has 2 aromatic rings. The molecule has 116 valence electrons. The maximum atomic E-state index is 12.5. The lowest BCUT2D eigenvalue weighted by atomic mass is 9.89. The minimum Gasteiger partial charge on any atom is -0.492 e. The number of rotatable bonds is 4. The van der Waals surface area contributed by atoms with E-state index in [0.717, 1.165) is 42.2 Å². The first kappa shape index (κ1) is 14.6. The van der Waals surface area contributed by atoms with Gasteiger partial charge in [-0.3, -0.25) is 4.79 Å². The van der Waals surface area contributed by atoms with Gasteiger partial charge in [-0.1, -0.05) is 12.1 Å². The molecule has 1 aromatic carbocycles. The Bertz CT molecular complexity index is 678. The molecule has 1 heterocycles. The minimum absolute atomic E-state index is 0.0259. The number of aromatic amines is 1. The summed E-state index contributed by atoms with van der Waals surface area (Å²) in [4.78, 5) is 20.3. The molecule has 3 rings (SSSR count). The summed E-state index contributed by atoms with van der Waals surface area (Å²) in [5, 5.41) is 3.00. The van der Waals surface area contributed by atoms with Crippen molar-refractivity contribution in [3.63, 3.8) is 0 Å². The van der Waals surface area contributed by atoms with Crippen molar-refractivity contribution in [2.24, 2.45) is 5.92 Å². The van der Waals surface area contributed by atoms with Gasteiger partial charge < -0.3 is 15.0 Å². The molecule has 0 spiro atoms. The number of aryl methyl sites for hydroxylation is 2. The summed E-state index contributed by atoms with van der Waals surface area (Å²) in [6.07, 6.45) is 2.41. The van der Waals surface area contributed by atoms with Crippen LogP contribution >= 0.6 is 0 Å². The second-order valence-corrected chi connectivity index (χ2v) is 5.61. The monoisotopic (exact) mass is 299 g/mol. The first-order chi connectivity index (χ1) is 10.7. The number of amides is 1. The average molecular weight is 299 g/mol. The lowest BCUT2D eigenvalue weighted by molar-refractivity contribution is -0.120. The van der Waals surface area contributed by atoms with Gasteiger partial charge in [-0.2, -0.15) is 0 Å². The first-order valence-electron chi connectivity index (χ1n) is 7.74. The molecule has 0 saturated heterocycles. The fourth-order valence-corrected chi connectivity index (χ4v) is 2.93. The molecule has 2 N–H and O–H groups in total. The second-order valence-electron chi connectivity index (χ2n) is 5.61. The Hall–Kier alpha value is -2.30. The van der Waals surface area contributed by atoms with Crippen LogP contribution in [-0.4, -0.2) is 22.5 Å². The third-order valence-electron chi connectivity index (χ3n) is 3.98. The standard InChI is InChI=1S/C17H21N3O2/c1-3-22-16-7-5-4-6-14(16)20-17(21)12-8-9-13-15(10-12)19-11(2)18-13/h4-7,12H,3,8-10H2,1-2H3,(H,18,19)(H,20,21). The number of aromatic nitrogens is 2. The molecule has 1 atom stereocenters. The van der Waals surface area contributed by atoms with E-state index in [-0.39, 0.29) is 11.8 Å². The van der Waals surface area contributed by atoms with E-state index in [1.807, 2.05) is 38.1 Å². The van der Waals surface area contributed by atoms with Gasteiger partial charge in [0.15, 0.2) is 0 Å². The fraction of sp³-hybridized carbons (Fsp3) is 0.412. The van der Waals surface area contributed by atoms with Gasteiger partial charge in [0.05, 0.1) is 18.0 Å². The zero-order valence-corrected chi connectivity index (χ0v) is 13.0. The predicted molar refractivity (Wildman–Crippen MR) is 85.1 cm³/mol. The molecule has 22 heavy (non-hydrogen) atoms. The highest BCUT2D eigenvalue weighted by atomic mass is 16.5. The lowest BCUT2D eigenvalue weighted by Crippen LogP contribution is -2.28. The van der Waals surface area contributed by atoms with Crippen LogP contribution in [0, 0.1) is 12.8 Å². The molecule has 0 bridgehead atoms. The fourth-order valence-electron chi connectivity index (χ4n) is 2.93. The molecule has 1 aliphatic carbocycles. The van der Waals surface area contributed by atoms with E-state index in [4.69, 9.17) is 4.74 Å². The molecule has 0 saturated carbocycles. The van der Waals surface area contributed by atoms with Crippen LogP contribution in [0.4, 0.5) is 5.69 Å².